The zero-order valence-electron chi connectivity index (χ0n) is 15.6. The van der Waals surface area contributed by atoms with E-state index in [-0.39, 0.29) is 18.0 Å². The van der Waals surface area contributed by atoms with Crippen molar-refractivity contribution in [3.63, 3.8) is 0 Å². The van der Waals surface area contributed by atoms with Crippen molar-refractivity contribution in [3.05, 3.63) is 34.9 Å². The average molecular weight is 355 g/mol. The zero-order valence-corrected chi connectivity index (χ0v) is 15.6. The van der Waals surface area contributed by atoms with Crippen molar-refractivity contribution < 1.29 is 9.59 Å². The first-order chi connectivity index (χ1) is 12.6. The molecule has 5 nitrogen and oxygen atoms in total. The Bertz CT molecular complexity index is 703. The van der Waals surface area contributed by atoms with Crippen LogP contribution in [0.3, 0.4) is 0 Å². The first kappa shape index (κ1) is 17.5. The number of hydrogen-bond acceptors (Lipinski definition) is 3. The molecule has 1 aromatic carbocycles. The number of carbonyl (C=O) groups excluding carboxylic acids is 2. The molecule has 1 atom stereocenters. The molecule has 1 unspecified atom stereocenters. The van der Waals surface area contributed by atoms with Gasteiger partial charge in [-0.2, -0.15) is 0 Å². The number of rotatable bonds is 4. The Morgan fingerprint density at radius 1 is 1.15 bits per heavy atom. The molecule has 2 N–H and O–H groups in total. The van der Waals surface area contributed by atoms with Gasteiger partial charge in [0.15, 0.2) is 0 Å². The van der Waals surface area contributed by atoms with Gasteiger partial charge in [-0.15, -0.1) is 0 Å². The molecule has 1 aromatic rings. The summed E-state index contributed by atoms with van der Waals surface area (Å²) in [6.45, 7) is 5.43. The van der Waals surface area contributed by atoms with Crippen molar-refractivity contribution in [3.8, 4) is 0 Å². The summed E-state index contributed by atoms with van der Waals surface area (Å²) in [5.74, 6) is 0.341. The summed E-state index contributed by atoms with van der Waals surface area (Å²) in [4.78, 5) is 29.4. The molecule has 2 amide bonds. The largest absolute Gasteiger partial charge is 0.366 e. The highest BCUT2D eigenvalue weighted by molar-refractivity contribution is 6.09. The number of likely N-dealkylation sites (tertiary alicyclic amines) is 1. The summed E-state index contributed by atoms with van der Waals surface area (Å²) >= 11 is 0. The van der Waals surface area contributed by atoms with Crippen LogP contribution in [0.5, 0.6) is 0 Å². The normalized spacial score (nSPS) is 25.0. The highest BCUT2D eigenvalue weighted by Crippen LogP contribution is 2.39. The van der Waals surface area contributed by atoms with Crippen molar-refractivity contribution in [2.75, 3.05) is 19.6 Å². The highest BCUT2D eigenvalue weighted by atomic mass is 16.2. The van der Waals surface area contributed by atoms with Crippen molar-refractivity contribution >= 4 is 11.8 Å². The molecule has 0 aromatic heterocycles. The Morgan fingerprint density at radius 3 is 2.50 bits per heavy atom. The summed E-state index contributed by atoms with van der Waals surface area (Å²) in [6.07, 6.45) is 7.58. The number of piperidine rings is 1. The number of fused-ring (bicyclic) bond motifs is 1. The number of carbonyl (C=O) groups is 2. The van der Waals surface area contributed by atoms with E-state index in [0.29, 0.717) is 11.1 Å². The third-order valence-corrected chi connectivity index (χ3v) is 6.62. The van der Waals surface area contributed by atoms with Crippen LogP contribution in [0, 0.1) is 5.92 Å². The third kappa shape index (κ3) is 3.02. The van der Waals surface area contributed by atoms with Crippen molar-refractivity contribution in [2.24, 2.45) is 11.7 Å². The predicted octanol–water partition coefficient (Wildman–Crippen LogP) is 2.96. The monoisotopic (exact) mass is 355 g/mol. The Morgan fingerprint density at radius 2 is 1.85 bits per heavy atom. The maximum absolute atomic E-state index is 13.1. The van der Waals surface area contributed by atoms with Crippen LogP contribution in [0.15, 0.2) is 18.2 Å². The Kier molecular flexibility index (Phi) is 4.74. The molecule has 0 spiro atoms. The Balaban J connectivity index is 1.45. The van der Waals surface area contributed by atoms with E-state index in [1.54, 1.807) is 6.07 Å². The second-order valence-electron chi connectivity index (χ2n) is 8.20. The fourth-order valence-electron chi connectivity index (χ4n) is 5.24. The van der Waals surface area contributed by atoms with E-state index in [1.807, 2.05) is 17.0 Å². The summed E-state index contributed by atoms with van der Waals surface area (Å²) in [5.41, 5.74) is 7.33. The molecule has 3 aliphatic rings. The number of nitrogens with two attached hydrogens (primary N) is 1. The van der Waals surface area contributed by atoms with Crippen LogP contribution in [-0.2, 0) is 0 Å². The van der Waals surface area contributed by atoms with Gasteiger partial charge < -0.3 is 15.5 Å². The van der Waals surface area contributed by atoms with Gasteiger partial charge in [0.25, 0.3) is 5.91 Å². The molecule has 4 rings (SSSR count). The smallest absolute Gasteiger partial charge is 0.255 e. The van der Waals surface area contributed by atoms with Gasteiger partial charge >= 0.3 is 0 Å². The summed E-state index contributed by atoms with van der Waals surface area (Å²) in [5, 5.41) is 0. The maximum atomic E-state index is 13.1. The van der Waals surface area contributed by atoms with E-state index >= 15 is 0 Å². The number of primary amides is 1. The van der Waals surface area contributed by atoms with E-state index in [0.717, 1.165) is 37.4 Å². The van der Waals surface area contributed by atoms with Crippen molar-refractivity contribution in [1.29, 1.82) is 0 Å². The van der Waals surface area contributed by atoms with E-state index in [2.05, 4.69) is 11.8 Å². The SMILES string of the molecule is CC1c2cccc(C(N)=O)c2C(=O)N1C1CCN(CC2CCCC2)CC1. The van der Waals surface area contributed by atoms with Crippen LogP contribution < -0.4 is 5.73 Å². The van der Waals surface area contributed by atoms with Gasteiger partial charge in [-0.25, -0.2) is 0 Å². The first-order valence-corrected chi connectivity index (χ1v) is 10.0. The lowest BCUT2D eigenvalue weighted by Crippen LogP contribution is -2.46. The van der Waals surface area contributed by atoms with Crippen LogP contribution in [-0.4, -0.2) is 47.3 Å². The second-order valence-corrected chi connectivity index (χ2v) is 8.20. The van der Waals surface area contributed by atoms with Gasteiger partial charge in [-0.3, -0.25) is 9.59 Å². The van der Waals surface area contributed by atoms with Gasteiger partial charge in [0.1, 0.15) is 0 Å². The van der Waals surface area contributed by atoms with Gasteiger partial charge in [0, 0.05) is 25.7 Å². The first-order valence-electron chi connectivity index (χ1n) is 10.0. The number of nitrogens with zero attached hydrogens (tertiary/aromatic N) is 2. The lowest BCUT2D eigenvalue weighted by molar-refractivity contribution is 0.0502. The zero-order chi connectivity index (χ0) is 18.3. The molecule has 0 radical (unpaired) electrons. The van der Waals surface area contributed by atoms with Crippen LogP contribution in [0.1, 0.15) is 77.8 Å². The number of benzene rings is 1. The maximum Gasteiger partial charge on any atom is 0.255 e. The minimum Gasteiger partial charge on any atom is -0.366 e. The summed E-state index contributed by atoms with van der Waals surface area (Å²) in [7, 11) is 0. The molecule has 1 saturated heterocycles. The minimum absolute atomic E-state index is 0.0168. The van der Waals surface area contributed by atoms with Crippen LogP contribution in [0.2, 0.25) is 0 Å². The quantitative estimate of drug-likeness (QED) is 0.903. The number of hydrogen-bond donors (Lipinski definition) is 1. The molecule has 0 bridgehead atoms. The van der Waals surface area contributed by atoms with E-state index in [1.165, 1.54) is 32.2 Å². The summed E-state index contributed by atoms with van der Waals surface area (Å²) < 4.78 is 0. The van der Waals surface area contributed by atoms with Gasteiger partial charge in [0.05, 0.1) is 17.2 Å². The Hall–Kier alpha value is -1.88. The Labute approximate surface area is 155 Å². The van der Waals surface area contributed by atoms with Crippen LogP contribution in [0.4, 0.5) is 0 Å². The topological polar surface area (TPSA) is 66.6 Å². The number of amides is 2. The summed E-state index contributed by atoms with van der Waals surface area (Å²) in [6, 6.07) is 5.73. The molecule has 1 saturated carbocycles. The third-order valence-electron chi connectivity index (χ3n) is 6.62. The van der Waals surface area contributed by atoms with E-state index < -0.39 is 5.91 Å². The fourth-order valence-corrected chi connectivity index (χ4v) is 5.24. The minimum atomic E-state index is -0.518. The standard InChI is InChI=1S/C21H29N3O2/c1-14-17-7-4-8-18(20(22)25)19(17)21(26)24(14)16-9-11-23(12-10-16)13-15-5-2-3-6-15/h4,7-8,14-16H,2-3,5-6,9-13H2,1H3,(H2,22,25). The molecular weight excluding hydrogens is 326 g/mol. The molecule has 1 aliphatic carbocycles. The molecule has 2 fully saturated rings. The highest BCUT2D eigenvalue weighted by Gasteiger charge is 2.41. The van der Waals surface area contributed by atoms with Crippen molar-refractivity contribution in [2.45, 2.75) is 57.5 Å². The lowest BCUT2D eigenvalue weighted by atomic mass is 9.99. The van der Waals surface area contributed by atoms with Gasteiger partial charge in [-0.1, -0.05) is 25.0 Å². The molecule has 2 heterocycles. The van der Waals surface area contributed by atoms with E-state index in [4.69, 9.17) is 5.73 Å². The van der Waals surface area contributed by atoms with E-state index in [9.17, 15) is 9.59 Å². The predicted molar refractivity (Wildman–Crippen MR) is 101 cm³/mol. The fraction of sp³-hybridized carbons (Fsp3) is 0.619. The van der Waals surface area contributed by atoms with Gasteiger partial charge in [-0.05, 0) is 50.2 Å². The molecular formula is C21H29N3O2. The van der Waals surface area contributed by atoms with Crippen molar-refractivity contribution in [1.82, 2.24) is 9.80 Å². The molecule has 140 valence electrons. The second kappa shape index (κ2) is 7.03. The van der Waals surface area contributed by atoms with Crippen LogP contribution >= 0.6 is 0 Å². The molecule has 2 aliphatic heterocycles. The molecule has 26 heavy (non-hydrogen) atoms. The van der Waals surface area contributed by atoms with Gasteiger partial charge in [0.2, 0.25) is 5.91 Å². The molecule has 5 heteroatoms. The lowest BCUT2D eigenvalue weighted by Gasteiger charge is -2.39. The van der Waals surface area contributed by atoms with Crippen LogP contribution in [0.25, 0.3) is 0 Å². The average Bonchev–Trinajstić information content (AvgIpc) is 3.23.